The largest absolute Gasteiger partial charge is 0.486 e. The molecule has 3 aromatic carbocycles. The quantitative estimate of drug-likeness (QED) is 0.523. The van der Waals surface area contributed by atoms with Crippen molar-refractivity contribution in [3.63, 3.8) is 0 Å². The van der Waals surface area contributed by atoms with Crippen molar-refractivity contribution in [2.24, 2.45) is 0 Å². The van der Waals surface area contributed by atoms with Crippen molar-refractivity contribution < 1.29 is 23.9 Å². The molecule has 8 nitrogen and oxygen atoms in total. The van der Waals surface area contributed by atoms with Gasteiger partial charge in [-0.2, -0.15) is 0 Å². The summed E-state index contributed by atoms with van der Waals surface area (Å²) in [7, 11) is 0. The molecule has 184 valence electrons. The summed E-state index contributed by atoms with van der Waals surface area (Å²) in [5, 5.41) is 5.64. The van der Waals surface area contributed by atoms with E-state index < -0.39 is 29.9 Å². The number of carbonyl (C=O) groups is 3. The van der Waals surface area contributed by atoms with Crippen molar-refractivity contribution in [2.45, 2.75) is 25.5 Å². The second kappa shape index (κ2) is 9.37. The second-order valence-electron chi connectivity index (χ2n) is 9.04. The Balaban J connectivity index is 1.33. The summed E-state index contributed by atoms with van der Waals surface area (Å²) in [6, 6.07) is 21.4. The highest BCUT2D eigenvalue weighted by Crippen LogP contribution is 2.37. The van der Waals surface area contributed by atoms with Crippen LogP contribution < -0.4 is 20.1 Å². The van der Waals surface area contributed by atoms with Gasteiger partial charge >= 0.3 is 6.03 Å². The van der Waals surface area contributed by atoms with Gasteiger partial charge in [0.2, 0.25) is 5.91 Å². The lowest BCUT2D eigenvalue weighted by Gasteiger charge is -2.28. The van der Waals surface area contributed by atoms with E-state index in [4.69, 9.17) is 9.47 Å². The lowest BCUT2D eigenvalue weighted by Crippen LogP contribution is -2.47. The van der Waals surface area contributed by atoms with Gasteiger partial charge in [-0.3, -0.25) is 14.5 Å². The van der Waals surface area contributed by atoms with Crippen LogP contribution in [0.5, 0.6) is 11.5 Å². The molecule has 2 N–H and O–H groups in total. The molecular formula is C28H27N3O5. The molecule has 8 heteroatoms. The predicted octanol–water partition coefficient (Wildman–Crippen LogP) is 3.06. The number of urea groups is 1. The highest BCUT2D eigenvalue weighted by atomic mass is 16.6. The van der Waals surface area contributed by atoms with Crippen LogP contribution in [0.2, 0.25) is 0 Å². The Labute approximate surface area is 209 Å². The summed E-state index contributed by atoms with van der Waals surface area (Å²) in [5.74, 6) is 0.300. The molecule has 2 aliphatic rings. The maximum absolute atomic E-state index is 13.8. The number of aryl methyl sites for hydroxylation is 2. The molecule has 2 atom stereocenters. The van der Waals surface area contributed by atoms with E-state index in [1.807, 2.05) is 68.4 Å². The summed E-state index contributed by atoms with van der Waals surface area (Å²) >= 11 is 0. The number of amides is 4. The predicted molar refractivity (Wildman–Crippen MR) is 133 cm³/mol. The van der Waals surface area contributed by atoms with Gasteiger partial charge in [-0.15, -0.1) is 0 Å². The SMILES string of the molecule is Cc1ccc(C2(c3ccccc3)NC(=O)N(CC(=O)NCC3COc4ccccc4O3)C2=O)cc1C. The number of ether oxygens (including phenoxy) is 2. The number of imide groups is 1. The van der Waals surface area contributed by atoms with Crippen LogP contribution in [-0.4, -0.2) is 48.5 Å². The molecule has 0 radical (unpaired) electrons. The van der Waals surface area contributed by atoms with E-state index in [1.54, 1.807) is 18.2 Å². The number of hydrogen-bond donors (Lipinski definition) is 2. The zero-order chi connectivity index (χ0) is 25.3. The van der Waals surface area contributed by atoms with E-state index in [0.717, 1.165) is 16.0 Å². The first-order valence-electron chi connectivity index (χ1n) is 11.8. The summed E-state index contributed by atoms with van der Waals surface area (Å²) < 4.78 is 11.5. The Hall–Kier alpha value is -4.33. The van der Waals surface area contributed by atoms with Crippen molar-refractivity contribution in [2.75, 3.05) is 19.7 Å². The number of fused-ring (bicyclic) bond motifs is 1. The van der Waals surface area contributed by atoms with E-state index in [9.17, 15) is 14.4 Å². The van der Waals surface area contributed by atoms with Crippen LogP contribution in [0.4, 0.5) is 4.79 Å². The Morgan fingerprint density at radius 1 is 0.972 bits per heavy atom. The van der Waals surface area contributed by atoms with E-state index in [2.05, 4.69) is 10.6 Å². The maximum Gasteiger partial charge on any atom is 0.326 e. The highest BCUT2D eigenvalue weighted by molar-refractivity contribution is 6.11. The fourth-order valence-corrected chi connectivity index (χ4v) is 4.53. The molecule has 3 aromatic rings. The molecule has 0 spiro atoms. The van der Waals surface area contributed by atoms with E-state index >= 15 is 0 Å². The highest BCUT2D eigenvalue weighted by Gasteiger charge is 2.54. The average molecular weight is 486 g/mol. The van der Waals surface area contributed by atoms with Gasteiger partial charge in [0.05, 0.1) is 6.54 Å². The number of nitrogens with one attached hydrogen (secondary N) is 2. The molecule has 36 heavy (non-hydrogen) atoms. The van der Waals surface area contributed by atoms with Crippen LogP contribution in [0.1, 0.15) is 22.3 Å². The Morgan fingerprint density at radius 2 is 1.69 bits per heavy atom. The fourth-order valence-electron chi connectivity index (χ4n) is 4.53. The number of rotatable bonds is 6. The molecule has 2 heterocycles. The molecule has 0 bridgehead atoms. The first-order valence-corrected chi connectivity index (χ1v) is 11.8. The molecule has 1 fully saturated rings. The first-order chi connectivity index (χ1) is 17.4. The van der Waals surface area contributed by atoms with Crippen molar-refractivity contribution >= 4 is 17.8 Å². The third-order valence-corrected chi connectivity index (χ3v) is 6.65. The Bertz CT molecular complexity index is 1330. The number of benzene rings is 3. The molecule has 1 saturated heterocycles. The first kappa shape index (κ1) is 23.4. The minimum atomic E-state index is -1.42. The van der Waals surface area contributed by atoms with Crippen molar-refractivity contribution in [1.29, 1.82) is 0 Å². The van der Waals surface area contributed by atoms with Gasteiger partial charge in [0.15, 0.2) is 17.0 Å². The molecule has 2 unspecified atom stereocenters. The smallest absolute Gasteiger partial charge is 0.326 e. The number of nitrogens with zero attached hydrogens (tertiary/aromatic N) is 1. The minimum absolute atomic E-state index is 0.178. The fraction of sp³-hybridized carbons (Fsp3) is 0.250. The maximum atomic E-state index is 13.8. The van der Waals surface area contributed by atoms with E-state index in [0.29, 0.717) is 22.6 Å². The molecule has 0 saturated carbocycles. The van der Waals surface area contributed by atoms with E-state index in [1.165, 1.54) is 0 Å². The molecule has 0 aromatic heterocycles. The van der Waals surface area contributed by atoms with Gasteiger partial charge in [0, 0.05) is 0 Å². The van der Waals surface area contributed by atoms with E-state index in [-0.39, 0.29) is 19.3 Å². The van der Waals surface area contributed by atoms with Gasteiger partial charge < -0.3 is 20.1 Å². The van der Waals surface area contributed by atoms with Crippen molar-refractivity contribution in [3.05, 3.63) is 95.1 Å². The lowest BCUT2D eigenvalue weighted by molar-refractivity contribution is -0.134. The minimum Gasteiger partial charge on any atom is -0.486 e. The van der Waals surface area contributed by atoms with Gasteiger partial charge in [-0.1, -0.05) is 60.7 Å². The van der Waals surface area contributed by atoms with Crippen LogP contribution in [0, 0.1) is 13.8 Å². The summed E-state index contributed by atoms with van der Waals surface area (Å²) in [4.78, 5) is 40.6. The molecule has 5 rings (SSSR count). The summed E-state index contributed by atoms with van der Waals surface area (Å²) in [5.41, 5.74) is 1.93. The Kier molecular flexibility index (Phi) is 6.10. The molecule has 2 aliphatic heterocycles. The normalized spacial score (nSPS) is 20.7. The topological polar surface area (TPSA) is 97.0 Å². The van der Waals surface area contributed by atoms with Crippen LogP contribution in [0.15, 0.2) is 72.8 Å². The van der Waals surface area contributed by atoms with Crippen LogP contribution >= 0.6 is 0 Å². The number of carbonyl (C=O) groups excluding carboxylic acids is 3. The molecule has 0 aliphatic carbocycles. The summed E-state index contributed by atoms with van der Waals surface area (Å²) in [6.07, 6.45) is -0.383. The van der Waals surface area contributed by atoms with Crippen molar-refractivity contribution in [1.82, 2.24) is 15.5 Å². The Morgan fingerprint density at radius 3 is 2.44 bits per heavy atom. The number of hydrogen-bond acceptors (Lipinski definition) is 5. The second-order valence-corrected chi connectivity index (χ2v) is 9.04. The van der Waals surface area contributed by atoms with Crippen LogP contribution in [0.25, 0.3) is 0 Å². The van der Waals surface area contributed by atoms with Crippen molar-refractivity contribution in [3.8, 4) is 11.5 Å². The van der Waals surface area contributed by atoms with Gasteiger partial charge in [-0.05, 0) is 48.2 Å². The third kappa shape index (κ3) is 4.15. The lowest BCUT2D eigenvalue weighted by atomic mass is 9.81. The molecule has 4 amide bonds. The monoisotopic (exact) mass is 485 g/mol. The third-order valence-electron chi connectivity index (χ3n) is 6.65. The zero-order valence-electron chi connectivity index (χ0n) is 20.1. The summed E-state index contributed by atoms with van der Waals surface area (Å²) in [6.45, 7) is 4.00. The van der Waals surface area contributed by atoms with Gasteiger partial charge in [0.25, 0.3) is 5.91 Å². The zero-order valence-corrected chi connectivity index (χ0v) is 20.1. The van der Waals surface area contributed by atoms with Gasteiger partial charge in [0.1, 0.15) is 19.3 Å². The molecular weight excluding hydrogens is 458 g/mol. The van der Waals surface area contributed by atoms with Crippen LogP contribution in [0.3, 0.4) is 0 Å². The average Bonchev–Trinajstić information content (AvgIpc) is 3.15. The van der Waals surface area contributed by atoms with Gasteiger partial charge in [-0.25, -0.2) is 4.79 Å². The number of para-hydroxylation sites is 2. The van der Waals surface area contributed by atoms with Crippen LogP contribution in [-0.2, 0) is 15.1 Å². The standard InChI is InChI=1S/C28H27N3O5/c1-18-12-13-21(14-19(18)2)28(20-8-4-3-5-9-20)26(33)31(27(34)30-28)16-25(32)29-15-22-17-35-23-10-6-7-11-24(23)36-22/h3-14,22H,15-17H2,1-2H3,(H,29,32)(H,30,34).